The van der Waals surface area contributed by atoms with Crippen LogP contribution in [0.2, 0.25) is 0 Å². The highest BCUT2D eigenvalue weighted by atomic mass is 32.1. The second-order valence-corrected chi connectivity index (χ2v) is 5.88. The number of guanidine groups is 1. The minimum absolute atomic E-state index is 0.619. The van der Waals surface area contributed by atoms with E-state index in [-0.39, 0.29) is 0 Å². The summed E-state index contributed by atoms with van der Waals surface area (Å²) in [5, 5.41) is 10.8. The molecule has 0 aliphatic rings. The van der Waals surface area contributed by atoms with Gasteiger partial charge in [0, 0.05) is 13.1 Å². The van der Waals surface area contributed by atoms with Gasteiger partial charge in [-0.1, -0.05) is 6.07 Å². The summed E-state index contributed by atoms with van der Waals surface area (Å²) in [7, 11) is 1.65. The average Bonchev–Trinajstić information content (AvgIpc) is 3.12. The van der Waals surface area contributed by atoms with Crippen LogP contribution < -0.4 is 20.1 Å². The lowest BCUT2D eigenvalue weighted by Crippen LogP contribution is -2.36. The summed E-state index contributed by atoms with van der Waals surface area (Å²) in [4.78, 5) is 4.61. The molecule has 0 fully saturated rings. The summed E-state index contributed by atoms with van der Waals surface area (Å²) >= 11 is 1.69. The molecule has 6 heteroatoms. The van der Waals surface area contributed by atoms with E-state index in [1.807, 2.05) is 25.1 Å². The van der Waals surface area contributed by atoms with Crippen LogP contribution in [-0.2, 0) is 13.1 Å². The Balaban J connectivity index is 1.99. The quantitative estimate of drug-likeness (QED) is 0.568. The van der Waals surface area contributed by atoms with E-state index in [0.29, 0.717) is 19.7 Å². The molecular formula is C18H25N3O2S. The van der Waals surface area contributed by atoms with Gasteiger partial charge in [0.25, 0.3) is 0 Å². The summed E-state index contributed by atoms with van der Waals surface area (Å²) in [6.07, 6.45) is 0. The molecule has 0 aliphatic carbocycles. The fraction of sp³-hybridized carbons (Fsp3) is 0.389. The first-order chi connectivity index (χ1) is 11.8. The number of ether oxygens (including phenoxy) is 2. The van der Waals surface area contributed by atoms with Crippen molar-refractivity contribution in [3.05, 3.63) is 46.2 Å². The number of nitrogens with zero attached hydrogens (tertiary/aromatic N) is 1. The molecule has 0 amide bonds. The van der Waals surface area contributed by atoms with Crippen molar-refractivity contribution in [1.82, 2.24) is 10.6 Å². The van der Waals surface area contributed by atoms with Gasteiger partial charge in [-0.3, -0.25) is 0 Å². The average molecular weight is 347 g/mol. The predicted molar refractivity (Wildman–Crippen MR) is 100 cm³/mol. The Morgan fingerprint density at radius 1 is 1.12 bits per heavy atom. The zero-order valence-corrected chi connectivity index (χ0v) is 15.3. The van der Waals surface area contributed by atoms with Crippen LogP contribution in [0.3, 0.4) is 0 Å². The third kappa shape index (κ3) is 5.45. The maximum Gasteiger partial charge on any atom is 0.191 e. The molecule has 2 rings (SSSR count). The Morgan fingerprint density at radius 3 is 2.67 bits per heavy atom. The van der Waals surface area contributed by atoms with Crippen LogP contribution in [0.5, 0.6) is 11.5 Å². The van der Waals surface area contributed by atoms with Crippen LogP contribution in [-0.4, -0.2) is 26.2 Å². The lowest BCUT2D eigenvalue weighted by molar-refractivity contribution is 0.310. The molecule has 5 nitrogen and oxygen atoms in total. The Bertz CT molecular complexity index is 642. The van der Waals surface area contributed by atoms with Crippen molar-refractivity contribution in [3.8, 4) is 11.5 Å². The van der Waals surface area contributed by atoms with Gasteiger partial charge in [0.15, 0.2) is 17.5 Å². The third-order valence-electron chi connectivity index (χ3n) is 3.33. The second-order valence-electron chi connectivity index (χ2n) is 5.10. The van der Waals surface area contributed by atoms with Crippen molar-refractivity contribution in [2.24, 2.45) is 4.99 Å². The maximum atomic E-state index is 5.55. The van der Waals surface area contributed by atoms with Crippen LogP contribution in [0.25, 0.3) is 0 Å². The van der Waals surface area contributed by atoms with Crippen LogP contribution in [0.1, 0.15) is 25.0 Å². The summed E-state index contributed by atoms with van der Waals surface area (Å²) in [5.41, 5.74) is 2.33. The molecule has 0 saturated heterocycles. The summed E-state index contributed by atoms with van der Waals surface area (Å²) in [6, 6.07) is 8.05. The SMILES string of the molecule is CCNC(=NCc1ccsc1)NCc1ccc(OCC)c(OC)c1. The Labute approximate surface area is 147 Å². The minimum Gasteiger partial charge on any atom is -0.493 e. The van der Waals surface area contributed by atoms with Crippen LogP contribution in [0, 0.1) is 0 Å². The van der Waals surface area contributed by atoms with Gasteiger partial charge in [-0.2, -0.15) is 11.3 Å². The minimum atomic E-state index is 0.619. The van der Waals surface area contributed by atoms with Gasteiger partial charge >= 0.3 is 0 Å². The van der Waals surface area contributed by atoms with Gasteiger partial charge in [0.1, 0.15) is 0 Å². The molecule has 0 bridgehead atoms. The van der Waals surface area contributed by atoms with Gasteiger partial charge < -0.3 is 20.1 Å². The van der Waals surface area contributed by atoms with Gasteiger partial charge in [0.2, 0.25) is 0 Å². The number of benzene rings is 1. The normalized spacial score (nSPS) is 11.2. The van der Waals surface area contributed by atoms with Crippen molar-refractivity contribution < 1.29 is 9.47 Å². The van der Waals surface area contributed by atoms with Crippen molar-refractivity contribution in [1.29, 1.82) is 0 Å². The molecular weight excluding hydrogens is 322 g/mol. The van der Waals surface area contributed by atoms with Gasteiger partial charge in [0.05, 0.1) is 20.3 Å². The van der Waals surface area contributed by atoms with Crippen LogP contribution in [0.15, 0.2) is 40.0 Å². The standard InChI is InChI=1S/C18H25N3O2S/c1-4-19-18(21-12-15-8-9-24-13-15)20-11-14-6-7-16(23-5-2)17(10-14)22-3/h6-10,13H,4-5,11-12H2,1-3H3,(H2,19,20,21). The molecule has 0 aliphatic heterocycles. The Morgan fingerprint density at radius 2 is 2.00 bits per heavy atom. The largest absolute Gasteiger partial charge is 0.493 e. The topological polar surface area (TPSA) is 54.9 Å². The molecule has 0 saturated carbocycles. The van der Waals surface area contributed by atoms with Gasteiger partial charge in [-0.05, 0) is 53.9 Å². The number of hydrogen-bond acceptors (Lipinski definition) is 4. The van der Waals surface area contributed by atoms with Gasteiger partial charge in [-0.25, -0.2) is 4.99 Å². The van der Waals surface area contributed by atoms with Crippen molar-refractivity contribution in [2.75, 3.05) is 20.3 Å². The second kappa shape index (κ2) is 9.82. The summed E-state index contributed by atoms with van der Waals surface area (Å²) < 4.78 is 10.9. The fourth-order valence-electron chi connectivity index (χ4n) is 2.18. The molecule has 0 spiro atoms. The molecule has 130 valence electrons. The molecule has 2 aromatic rings. The first-order valence-electron chi connectivity index (χ1n) is 8.09. The molecule has 2 N–H and O–H groups in total. The Kier molecular flexibility index (Phi) is 7.42. The number of thiophene rings is 1. The van der Waals surface area contributed by atoms with E-state index in [2.05, 4.69) is 39.4 Å². The van der Waals surface area contributed by atoms with Crippen molar-refractivity contribution in [3.63, 3.8) is 0 Å². The summed E-state index contributed by atoms with van der Waals surface area (Å²) in [5.74, 6) is 2.31. The number of nitrogens with one attached hydrogen (secondary N) is 2. The summed E-state index contributed by atoms with van der Waals surface area (Å²) in [6.45, 7) is 6.79. The van der Waals surface area contributed by atoms with Crippen LogP contribution >= 0.6 is 11.3 Å². The highest BCUT2D eigenvalue weighted by Gasteiger charge is 2.06. The predicted octanol–water partition coefficient (Wildman–Crippen LogP) is 3.41. The Hall–Kier alpha value is -2.21. The van der Waals surface area contributed by atoms with Crippen LogP contribution in [0.4, 0.5) is 0 Å². The van der Waals surface area contributed by atoms with E-state index in [1.165, 1.54) is 5.56 Å². The number of methoxy groups -OCH3 is 1. The van der Waals surface area contributed by atoms with E-state index in [9.17, 15) is 0 Å². The highest BCUT2D eigenvalue weighted by molar-refractivity contribution is 7.07. The molecule has 1 heterocycles. The van der Waals surface area contributed by atoms with E-state index in [1.54, 1.807) is 18.4 Å². The fourth-order valence-corrected chi connectivity index (χ4v) is 2.84. The molecule has 0 radical (unpaired) electrons. The molecule has 24 heavy (non-hydrogen) atoms. The smallest absolute Gasteiger partial charge is 0.191 e. The van der Waals surface area contributed by atoms with Gasteiger partial charge in [-0.15, -0.1) is 0 Å². The van der Waals surface area contributed by atoms with Crippen molar-refractivity contribution >= 4 is 17.3 Å². The lowest BCUT2D eigenvalue weighted by atomic mass is 10.2. The molecule has 0 unspecified atom stereocenters. The molecule has 0 atom stereocenters. The zero-order chi connectivity index (χ0) is 17.2. The molecule has 1 aromatic heterocycles. The third-order valence-corrected chi connectivity index (χ3v) is 4.06. The van der Waals surface area contributed by atoms with E-state index < -0.39 is 0 Å². The van der Waals surface area contributed by atoms with E-state index in [0.717, 1.165) is 29.6 Å². The first-order valence-corrected chi connectivity index (χ1v) is 9.04. The van der Waals surface area contributed by atoms with E-state index in [4.69, 9.17) is 9.47 Å². The number of rotatable bonds is 8. The first kappa shape index (κ1) is 18.1. The number of hydrogen-bond donors (Lipinski definition) is 2. The molecule has 1 aromatic carbocycles. The number of aliphatic imine (C=N–C) groups is 1. The monoisotopic (exact) mass is 347 g/mol. The lowest BCUT2D eigenvalue weighted by Gasteiger charge is -2.13. The maximum absolute atomic E-state index is 5.55. The van der Waals surface area contributed by atoms with E-state index >= 15 is 0 Å². The highest BCUT2D eigenvalue weighted by Crippen LogP contribution is 2.27. The zero-order valence-electron chi connectivity index (χ0n) is 14.5. The van der Waals surface area contributed by atoms with Crippen molar-refractivity contribution in [2.45, 2.75) is 26.9 Å².